The van der Waals surface area contributed by atoms with Gasteiger partial charge in [-0.25, -0.2) is 9.97 Å². The molecule has 4 nitrogen and oxygen atoms in total. The van der Waals surface area contributed by atoms with Crippen LogP contribution < -0.4 is 5.32 Å². The van der Waals surface area contributed by atoms with E-state index in [2.05, 4.69) is 47.1 Å². The molecule has 2 aromatic heterocycles. The first-order valence-electron chi connectivity index (χ1n) is 5.69. The standard InChI is InChI=1S/C12H11Br2N3O/c1-15-10-5-8(6-2-3-6)16-12(17-10)9-4-7(13)11(14)18-9/h4-6H,2-3H2,1H3,(H,15,16,17). The third-order valence-corrected chi connectivity index (χ3v) is 4.57. The van der Waals surface area contributed by atoms with E-state index in [1.165, 1.54) is 12.8 Å². The number of rotatable bonds is 3. The van der Waals surface area contributed by atoms with Crippen LogP contribution in [0, 0.1) is 0 Å². The average molecular weight is 373 g/mol. The summed E-state index contributed by atoms with van der Waals surface area (Å²) in [5, 5.41) is 3.07. The fraction of sp³-hybridized carbons (Fsp3) is 0.333. The molecule has 1 aliphatic rings. The van der Waals surface area contributed by atoms with Crippen LogP contribution >= 0.6 is 31.9 Å². The van der Waals surface area contributed by atoms with Gasteiger partial charge in [0.1, 0.15) is 5.82 Å². The summed E-state index contributed by atoms with van der Waals surface area (Å²) in [5.41, 5.74) is 1.09. The molecule has 0 bridgehead atoms. The Labute approximate surface area is 121 Å². The summed E-state index contributed by atoms with van der Waals surface area (Å²) in [6, 6.07) is 3.88. The van der Waals surface area contributed by atoms with Crippen LogP contribution in [0.1, 0.15) is 24.5 Å². The van der Waals surface area contributed by atoms with Crippen LogP contribution in [-0.4, -0.2) is 17.0 Å². The van der Waals surface area contributed by atoms with Crippen LogP contribution in [0.4, 0.5) is 5.82 Å². The van der Waals surface area contributed by atoms with E-state index >= 15 is 0 Å². The van der Waals surface area contributed by atoms with Crippen molar-refractivity contribution in [2.24, 2.45) is 0 Å². The molecule has 1 fully saturated rings. The highest BCUT2D eigenvalue weighted by Gasteiger charge is 2.26. The summed E-state index contributed by atoms with van der Waals surface area (Å²) in [5.74, 6) is 2.69. The second-order valence-corrected chi connectivity index (χ2v) is 5.83. The lowest BCUT2D eigenvalue weighted by Gasteiger charge is -2.05. The van der Waals surface area contributed by atoms with Crippen molar-refractivity contribution in [3.63, 3.8) is 0 Å². The number of nitrogens with one attached hydrogen (secondary N) is 1. The highest BCUT2D eigenvalue weighted by atomic mass is 79.9. The van der Waals surface area contributed by atoms with Gasteiger partial charge < -0.3 is 9.73 Å². The molecule has 0 amide bonds. The molecule has 0 aromatic carbocycles. The van der Waals surface area contributed by atoms with Crippen molar-refractivity contribution in [2.45, 2.75) is 18.8 Å². The van der Waals surface area contributed by atoms with E-state index in [1.54, 1.807) is 0 Å². The Hall–Kier alpha value is -0.880. The molecule has 1 saturated carbocycles. The molecule has 94 valence electrons. The van der Waals surface area contributed by atoms with Gasteiger partial charge in [0, 0.05) is 30.8 Å². The summed E-state index contributed by atoms with van der Waals surface area (Å²) < 4.78 is 7.09. The minimum Gasteiger partial charge on any atom is -0.445 e. The predicted octanol–water partition coefficient (Wildman–Crippen LogP) is 4.18. The minimum atomic E-state index is 0.584. The number of furan rings is 1. The molecule has 3 rings (SSSR count). The quantitative estimate of drug-likeness (QED) is 0.877. The maximum absolute atomic E-state index is 5.57. The first-order valence-corrected chi connectivity index (χ1v) is 7.28. The lowest BCUT2D eigenvalue weighted by atomic mass is 10.2. The van der Waals surface area contributed by atoms with E-state index < -0.39 is 0 Å². The van der Waals surface area contributed by atoms with E-state index in [9.17, 15) is 0 Å². The summed E-state index contributed by atoms with van der Waals surface area (Å²) in [6.45, 7) is 0. The smallest absolute Gasteiger partial charge is 0.197 e. The maximum Gasteiger partial charge on any atom is 0.197 e. The summed E-state index contributed by atoms with van der Waals surface area (Å²) in [4.78, 5) is 9.01. The van der Waals surface area contributed by atoms with Crippen molar-refractivity contribution in [3.8, 4) is 11.6 Å². The number of nitrogens with zero attached hydrogens (tertiary/aromatic N) is 2. The monoisotopic (exact) mass is 371 g/mol. The third kappa shape index (κ3) is 2.31. The number of hydrogen-bond donors (Lipinski definition) is 1. The summed E-state index contributed by atoms with van der Waals surface area (Å²) in [6.07, 6.45) is 2.43. The first kappa shape index (κ1) is 12.2. The van der Waals surface area contributed by atoms with Crippen LogP contribution in [0.5, 0.6) is 0 Å². The molecule has 2 heterocycles. The second-order valence-electron chi connectivity index (χ2n) is 4.26. The molecule has 18 heavy (non-hydrogen) atoms. The Morgan fingerprint density at radius 3 is 2.61 bits per heavy atom. The van der Waals surface area contributed by atoms with E-state index in [1.807, 2.05) is 19.2 Å². The molecule has 0 atom stereocenters. The first-order chi connectivity index (χ1) is 8.67. The number of anilines is 1. The van der Waals surface area contributed by atoms with Crippen LogP contribution in [0.3, 0.4) is 0 Å². The Bertz CT molecular complexity index is 574. The number of halogens is 2. The Morgan fingerprint density at radius 2 is 2.06 bits per heavy atom. The zero-order valence-electron chi connectivity index (χ0n) is 9.70. The van der Waals surface area contributed by atoms with Gasteiger partial charge in [-0.2, -0.15) is 0 Å². The Kier molecular flexibility index (Phi) is 3.15. The van der Waals surface area contributed by atoms with Gasteiger partial charge in [-0.15, -0.1) is 0 Å². The van der Waals surface area contributed by atoms with Gasteiger partial charge in [-0.1, -0.05) is 0 Å². The van der Waals surface area contributed by atoms with Crippen LogP contribution in [0.15, 0.2) is 25.7 Å². The molecule has 0 unspecified atom stereocenters. The van der Waals surface area contributed by atoms with Crippen LogP contribution in [0.25, 0.3) is 11.6 Å². The molecule has 1 N–H and O–H groups in total. The molecular formula is C12H11Br2N3O. The molecule has 1 aliphatic carbocycles. The van der Waals surface area contributed by atoms with E-state index in [-0.39, 0.29) is 0 Å². The van der Waals surface area contributed by atoms with Crippen LogP contribution in [-0.2, 0) is 0 Å². The zero-order valence-corrected chi connectivity index (χ0v) is 12.9. The van der Waals surface area contributed by atoms with Gasteiger partial charge >= 0.3 is 0 Å². The lowest BCUT2D eigenvalue weighted by molar-refractivity contribution is 0.549. The summed E-state index contributed by atoms with van der Waals surface area (Å²) in [7, 11) is 1.86. The molecule has 0 aliphatic heterocycles. The Balaban J connectivity index is 2.07. The van der Waals surface area contributed by atoms with Crippen molar-refractivity contribution in [2.75, 3.05) is 12.4 Å². The van der Waals surface area contributed by atoms with E-state index in [4.69, 9.17) is 4.42 Å². The van der Waals surface area contributed by atoms with Gasteiger partial charge in [-0.3, -0.25) is 0 Å². The summed E-state index contributed by atoms with van der Waals surface area (Å²) >= 11 is 6.72. The molecule has 2 aromatic rings. The number of hydrogen-bond acceptors (Lipinski definition) is 4. The molecule has 0 radical (unpaired) electrons. The normalized spacial score (nSPS) is 14.8. The van der Waals surface area contributed by atoms with Gasteiger partial charge in [0.05, 0.1) is 4.47 Å². The van der Waals surface area contributed by atoms with Crippen molar-refractivity contribution in [1.82, 2.24) is 9.97 Å². The highest BCUT2D eigenvalue weighted by molar-refractivity contribution is 9.13. The molecular weight excluding hydrogens is 362 g/mol. The average Bonchev–Trinajstić information content (AvgIpc) is 3.16. The van der Waals surface area contributed by atoms with Crippen molar-refractivity contribution >= 4 is 37.7 Å². The van der Waals surface area contributed by atoms with Gasteiger partial charge in [-0.05, 0) is 44.7 Å². The van der Waals surface area contributed by atoms with E-state index in [0.29, 0.717) is 22.2 Å². The molecule has 0 spiro atoms. The molecule has 0 saturated heterocycles. The van der Waals surface area contributed by atoms with E-state index in [0.717, 1.165) is 16.0 Å². The maximum atomic E-state index is 5.57. The van der Waals surface area contributed by atoms with Crippen molar-refractivity contribution in [1.29, 1.82) is 0 Å². The highest BCUT2D eigenvalue weighted by Crippen LogP contribution is 2.40. The molecule has 6 heteroatoms. The largest absolute Gasteiger partial charge is 0.445 e. The topological polar surface area (TPSA) is 51.0 Å². The zero-order chi connectivity index (χ0) is 12.7. The third-order valence-electron chi connectivity index (χ3n) is 2.86. The fourth-order valence-corrected chi connectivity index (χ4v) is 2.33. The number of aromatic nitrogens is 2. The van der Waals surface area contributed by atoms with Crippen LogP contribution in [0.2, 0.25) is 0 Å². The SMILES string of the molecule is CNc1cc(C2CC2)nc(-c2cc(Br)c(Br)o2)n1. The van der Waals surface area contributed by atoms with Crippen molar-refractivity contribution < 1.29 is 4.42 Å². The predicted molar refractivity (Wildman–Crippen MR) is 76.7 cm³/mol. The van der Waals surface area contributed by atoms with Gasteiger partial charge in [0.15, 0.2) is 16.3 Å². The van der Waals surface area contributed by atoms with Gasteiger partial charge in [0.25, 0.3) is 0 Å². The minimum absolute atomic E-state index is 0.584. The fourth-order valence-electron chi connectivity index (χ4n) is 1.75. The second kappa shape index (κ2) is 4.66. The van der Waals surface area contributed by atoms with Crippen molar-refractivity contribution in [3.05, 3.63) is 27.0 Å². The lowest BCUT2D eigenvalue weighted by Crippen LogP contribution is -1.99. The van der Waals surface area contributed by atoms with Gasteiger partial charge in [0.2, 0.25) is 0 Å². The Morgan fingerprint density at radius 1 is 1.28 bits per heavy atom.